The van der Waals surface area contributed by atoms with Crippen LogP contribution in [0.3, 0.4) is 0 Å². The molecule has 0 bridgehead atoms. The van der Waals surface area contributed by atoms with E-state index in [0.29, 0.717) is 29.1 Å². The van der Waals surface area contributed by atoms with Crippen LogP contribution in [0, 0.1) is 6.92 Å². The summed E-state index contributed by atoms with van der Waals surface area (Å²) in [4.78, 5) is 28.5. The van der Waals surface area contributed by atoms with Gasteiger partial charge >= 0.3 is 5.97 Å². The molecule has 1 amide bonds. The summed E-state index contributed by atoms with van der Waals surface area (Å²) in [5.41, 5.74) is 2.98. The van der Waals surface area contributed by atoms with Crippen LogP contribution in [0.2, 0.25) is 0 Å². The highest BCUT2D eigenvalue weighted by atomic mass is 16.5. The molecular formula is C18H17N3O3. The molecule has 0 aliphatic carbocycles. The van der Waals surface area contributed by atoms with Gasteiger partial charge in [-0.2, -0.15) is 0 Å². The maximum atomic E-state index is 12.5. The first-order chi connectivity index (χ1) is 11.6. The van der Waals surface area contributed by atoms with Crippen LogP contribution in [0.4, 0.5) is 5.69 Å². The van der Waals surface area contributed by atoms with Crippen LogP contribution in [0.1, 0.15) is 33.3 Å². The largest absolute Gasteiger partial charge is 0.462 e. The Balaban J connectivity index is 1.80. The van der Waals surface area contributed by atoms with Gasteiger partial charge in [-0.3, -0.25) is 4.79 Å². The van der Waals surface area contributed by atoms with Crippen LogP contribution in [0.5, 0.6) is 0 Å². The highest BCUT2D eigenvalue weighted by Crippen LogP contribution is 2.15. The minimum Gasteiger partial charge on any atom is -0.462 e. The van der Waals surface area contributed by atoms with Gasteiger partial charge in [0.2, 0.25) is 0 Å². The van der Waals surface area contributed by atoms with Gasteiger partial charge in [-0.25, -0.2) is 9.78 Å². The first kappa shape index (κ1) is 15.7. The van der Waals surface area contributed by atoms with Gasteiger partial charge in [-0.1, -0.05) is 0 Å². The van der Waals surface area contributed by atoms with Crippen molar-refractivity contribution in [3.8, 4) is 0 Å². The van der Waals surface area contributed by atoms with Crippen LogP contribution in [0.25, 0.3) is 5.65 Å². The lowest BCUT2D eigenvalue weighted by atomic mass is 10.2. The third kappa shape index (κ3) is 3.12. The van der Waals surface area contributed by atoms with E-state index in [-0.39, 0.29) is 11.9 Å². The van der Waals surface area contributed by atoms with Crippen LogP contribution >= 0.6 is 0 Å². The van der Waals surface area contributed by atoms with Crippen molar-refractivity contribution in [2.45, 2.75) is 13.8 Å². The molecule has 0 radical (unpaired) electrons. The fraction of sp³-hybridized carbons (Fsp3) is 0.167. The second-order valence-electron chi connectivity index (χ2n) is 5.29. The van der Waals surface area contributed by atoms with Crippen molar-refractivity contribution in [2.24, 2.45) is 0 Å². The summed E-state index contributed by atoms with van der Waals surface area (Å²) < 4.78 is 6.75. The molecule has 2 heterocycles. The van der Waals surface area contributed by atoms with Crippen molar-refractivity contribution >= 4 is 23.2 Å². The number of carbonyl (C=O) groups excluding carboxylic acids is 2. The predicted octanol–water partition coefficient (Wildman–Crippen LogP) is 3.07. The van der Waals surface area contributed by atoms with Gasteiger partial charge in [0.15, 0.2) is 0 Å². The Labute approximate surface area is 139 Å². The summed E-state index contributed by atoms with van der Waals surface area (Å²) >= 11 is 0. The number of nitrogens with zero attached hydrogens (tertiary/aromatic N) is 2. The van der Waals surface area contributed by atoms with Crippen LogP contribution in [-0.2, 0) is 4.74 Å². The number of ether oxygens (including phenoxy) is 1. The normalized spacial score (nSPS) is 10.6. The molecule has 0 saturated heterocycles. The summed E-state index contributed by atoms with van der Waals surface area (Å²) in [7, 11) is 0. The van der Waals surface area contributed by atoms with E-state index >= 15 is 0 Å². The number of hydrogen-bond acceptors (Lipinski definition) is 4. The molecule has 0 fully saturated rings. The quantitative estimate of drug-likeness (QED) is 0.749. The van der Waals surface area contributed by atoms with E-state index in [1.165, 1.54) is 0 Å². The third-order valence-electron chi connectivity index (χ3n) is 3.50. The summed E-state index contributed by atoms with van der Waals surface area (Å²) in [6, 6.07) is 10.1. The summed E-state index contributed by atoms with van der Waals surface area (Å²) in [5.74, 6) is -0.636. The van der Waals surface area contributed by atoms with Gasteiger partial charge in [0, 0.05) is 18.1 Å². The van der Waals surface area contributed by atoms with E-state index in [9.17, 15) is 9.59 Å². The summed E-state index contributed by atoms with van der Waals surface area (Å²) in [5, 5.41) is 2.81. The lowest BCUT2D eigenvalue weighted by molar-refractivity contribution is 0.0526. The Kier molecular flexibility index (Phi) is 4.29. The zero-order chi connectivity index (χ0) is 17.1. The van der Waals surface area contributed by atoms with E-state index in [4.69, 9.17) is 4.74 Å². The molecule has 0 atom stereocenters. The number of benzene rings is 1. The molecule has 3 aromatic rings. The van der Waals surface area contributed by atoms with Crippen LogP contribution in [-0.4, -0.2) is 27.9 Å². The Morgan fingerprint density at radius 2 is 1.96 bits per heavy atom. The second kappa shape index (κ2) is 6.54. The number of nitrogens with one attached hydrogen (secondary N) is 1. The highest BCUT2D eigenvalue weighted by molar-refractivity contribution is 6.08. The van der Waals surface area contributed by atoms with Gasteiger partial charge in [0.1, 0.15) is 5.65 Å². The number of fused-ring (bicyclic) bond motifs is 1. The molecule has 0 aliphatic rings. The van der Waals surface area contributed by atoms with Gasteiger partial charge in [-0.05, 0) is 50.2 Å². The Bertz CT molecular complexity index is 898. The number of pyridine rings is 1. The number of hydrogen-bond donors (Lipinski definition) is 1. The fourth-order valence-electron chi connectivity index (χ4n) is 2.42. The van der Waals surface area contributed by atoms with E-state index in [1.807, 2.05) is 23.7 Å². The molecule has 0 spiro atoms. The highest BCUT2D eigenvalue weighted by Gasteiger charge is 2.13. The van der Waals surface area contributed by atoms with Gasteiger partial charge in [0.25, 0.3) is 5.91 Å². The van der Waals surface area contributed by atoms with Crippen molar-refractivity contribution < 1.29 is 14.3 Å². The van der Waals surface area contributed by atoms with Crippen molar-refractivity contribution in [1.29, 1.82) is 0 Å². The van der Waals surface area contributed by atoms with Crippen molar-refractivity contribution in [3.63, 3.8) is 0 Å². The zero-order valence-corrected chi connectivity index (χ0v) is 13.4. The molecule has 0 aliphatic heterocycles. The molecule has 0 saturated carbocycles. The molecule has 2 aromatic heterocycles. The molecule has 6 heteroatoms. The third-order valence-corrected chi connectivity index (χ3v) is 3.50. The van der Waals surface area contributed by atoms with Gasteiger partial charge < -0.3 is 14.5 Å². The molecule has 122 valence electrons. The molecular weight excluding hydrogens is 306 g/mol. The lowest BCUT2D eigenvalue weighted by Crippen LogP contribution is -2.13. The van der Waals surface area contributed by atoms with E-state index in [1.54, 1.807) is 43.3 Å². The SMILES string of the molecule is CCOC(=O)c1ccc(NC(=O)c2cccn3cc(C)nc23)cc1. The molecule has 1 aromatic carbocycles. The molecule has 3 rings (SSSR count). The standard InChI is InChI=1S/C18H17N3O3/c1-3-24-18(23)13-6-8-14(9-7-13)20-17(22)15-5-4-10-21-11-12(2)19-16(15)21/h4-11H,3H2,1-2H3,(H,20,22). The average Bonchev–Trinajstić information content (AvgIpc) is 2.95. The number of aryl methyl sites for hydroxylation is 1. The molecule has 1 N–H and O–H groups in total. The molecule has 0 unspecified atom stereocenters. The first-order valence-electron chi connectivity index (χ1n) is 7.61. The number of aromatic nitrogens is 2. The Morgan fingerprint density at radius 3 is 2.67 bits per heavy atom. The predicted molar refractivity (Wildman–Crippen MR) is 90.3 cm³/mol. The smallest absolute Gasteiger partial charge is 0.338 e. The Morgan fingerprint density at radius 1 is 1.21 bits per heavy atom. The second-order valence-corrected chi connectivity index (χ2v) is 5.29. The first-order valence-corrected chi connectivity index (χ1v) is 7.61. The number of amides is 1. The topological polar surface area (TPSA) is 72.7 Å². The number of imidazole rings is 1. The van der Waals surface area contributed by atoms with Gasteiger partial charge in [-0.15, -0.1) is 0 Å². The number of carbonyl (C=O) groups is 2. The summed E-state index contributed by atoms with van der Waals surface area (Å²) in [6.07, 6.45) is 3.71. The van der Waals surface area contributed by atoms with E-state index in [0.717, 1.165) is 5.69 Å². The van der Waals surface area contributed by atoms with E-state index in [2.05, 4.69) is 10.3 Å². The lowest BCUT2D eigenvalue weighted by Gasteiger charge is -2.07. The fourth-order valence-corrected chi connectivity index (χ4v) is 2.42. The maximum absolute atomic E-state index is 12.5. The average molecular weight is 323 g/mol. The van der Waals surface area contributed by atoms with Crippen molar-refractivity contribution in [2.75, 3.05) is 11.9 Å². The maximum Gasteiger partial charge on any atom is 0.338 e. The minimum atomic E-state index is -0.381. The number of rotatable bonds is 4. The van der Waals surface area contributed by atoms with Crippen LogP contribution < -0.4 is 5.32 Å². The minimum absolute atomic E-state index is 0.255. The van der Waals surface area contributed by atoms with Crippen molar-refractivity contribution in [3.05, 3.63) is 65.6 Å². The van der Waals surface area contributed by atoms with E-state index < -0.39 is 0 Å². The Hall–Kier alpha value is -3.15. The monoisotopic (exact) mass is 323 g/mol. The van der Waals surface area contributed by atoms with Gasteiger partial charge in [0.05, 0.1) is 23.4 Å². The number of anilines is 1. The summed E-state index contributed by atoms with van der Waals surface area (Å²) in [6.45, 7) is 3.96. The number of esters is 1. The van der Waals surface area contributed by atoms with Crippen molar-refractivity contribution in [1.82, 2.24) is 9.38 Å². The zero-order valence-electron chi connectivity index (χ0n) is 13.4. The molecule has 6 nitrogen and oxygen atoms in total. The molecule has 24 heavy (non-hydrogen) atoms. The van der Waals surface area contributed by atoms with Crippen LogP contribution in [0.15, 0.2) is 48.8 Å².